The van der Waals surface area contributed by atoms with Gasteiger partial charge in [-0.15, -0.1) is 0 Å². The lowest BCUT2D eigenvalue weighted by Crippen LogP contribution is -2.38. The van der Waals surface area contributed by atoms with E-state index in [1.165, 1.54) is 0 Å². The highest BCUT2D eigenvalue weighted by Gasteiger charge is 2.15. The van der Waals surface area contributed by atoms with Gasteiger partial charge in [0.2, 0.25) is 0 Å². The summed E-state index contributed by atoms with van der Waals surface area (Å²) in [6, 6.07) is 4.86. The van der Waals surface area contributed by atoms with Crippen LogP contribution in [0.2, 0.25) is 5.02 Å². The van der Waals surface area contributed by atoms with Gasteiger partial charge in [0.15, 0.2) is 0 Å². The van der Waals surface area contributed by atoms with Crippen molar-refractivity contribution < 1.29 is 9.53 Å². The van der Waals surface area contributed by atoms with Crippen molar-refractivity contribution in [2.75, 3.05) is 19.5 Å². The Morgan fingerprint density at radius 1 is 1.56 bits per heavy atom. The molecule has 18 heavy (non-hydrogen) atoms. The fraction of sp³-hybridized carbons (Fsp3) is 0.462. The lowest BCUT2D eigenvalue weighted by atomic mass is 10.1. The number of amides is 1. The summed E-state index contributed by atoms with van der Waals surface area (Å²) in [5, 5.41) is 3.27. The number of nitrogen functional groups attached to an aromatic ring is 1. The van der Waals surface area contributed by atoms with Crippen LogP contribution in [0, 0.1) is 0 Å². The predicted molar refractivity (Wildman–Crippen MR) is 73.9 cm³/mol. The average Bonchev–Trinajstić information content (AvgIpc) is 2.29. The Balaban J connectivity index is 2.73. The highest BCUT2D eigenvalue weighted by atomic mass is 35.5. The van der Waals surface area contributed by atoms with Gasteiger partial charge in [0, 0.05) is 12.8 Å². The molecule has 0 fully saturated rings. The van der Waals surface area contributed by atoms with Crippen LogP contribution in [-0.4, -0.2) is 25.7 Å². The molecule has 0 radical (unpaired) electrons. The number of ether oxygens (including phenoxy) is 1. The summed E-state index contributed by atoms with van der Waals surface area (Å²) < 4.78 is 5.07. The molecule has 0 saturated carbocycles. The van der Waals surface area contributed by atoms with Crippen molar-refractivity contribution in [1.82, 2.24) is 5.32 Å². The molecule has 0 aromatic heterocycles. The number of methoxy groups -OCH3 is 1. The summed E-state index contributed by atoms with van der Waals surface area (Å²) in [7, 11) is 1.62. The third-order valence-electron chi connectivity index (χ3n) is 2.58. The van der Waals surface area contributed by atoms with Gasteiger partial charge in [0.1, 0.15) is 0 Å². The minimum atomic E-state index is -0.199. The van der Waals surface area contributed by atoms with Crippen LogP contribution in [0.4, 0.5) is 5.69 Å². The lowest BCUT2D eigenvalue weighted by molar-refractivity contribution is 0.0892. The van der Waals surface area contributed by atoms with Crippen molar-refractivity contribution in [3.63, 3.8) is 0 Å². The number of hydrogen-bond acceptors (Lipinski definition) is 3. The van der Waals surface area contributed by atoms with E-state index in [0.29, 0.717) is 22.9 Å². The van der Waals surface area contributed by atoms with Crippen LogP contribution in [0.3, 0.4) is 0 Å². The first-order valence-electron chi connectivity index (χ1n) is 5.93. The zero-order valence-corrected chi connectivity index (χ0v) is 11.5. The molecule has 1 aromatic carbocycles. The lowest BCUT2D eigenvalue weighted by Gasteiger charge is -2.17. The van der Waals surface area contributed by atoms with Crippen molar-refractivity contribution >= 4 is 23.2 Å². The van der Waals surface area contributed by atoms with Gasteiger partial charge >= 0.3 is 0 Å². The fourth-order valence-electron chi connectivity index (χ4n) is 1.73. The van der Waals surface area contributed by atoms with Gasteiger partial charge in [-0.3, -0.25) is 4.79 Å². The molecule has 100 valence electrons. The second kappa shape index (κ2) is 7.24. The molecule has 1 amide bonds. The van der Waals surface area contributed by atoms with Crippen LogP contribution in [0.25, 0.3) is 0 Å². The highest BCUT2D eigenvalue weighted by molar-refractivity contribution is 6.34. The molecule has 0 bridgehead atoms. The fourth-order valence-corrected chi connectivity index (χ4v) is 2.00. The number of rotatable bonds is 6. The summed E-state index contributed by atoms with van der Waals surface area (Å²) in [4.78, 5) is 12.0. The molecule has 1 atom stereocenters. The molecule has 0 spiro atoms. The van der Waals surface area contributed by atoms with Crippen LogP contribution < -0.4 is 11.1 Å². The summed E-state index contributed by atoms with van der Waals surface area (Å²) >= 11 is 5.99. The second-order valence-electron chi connectivity index (χ2n) is 4.15. The molecular formula is C13H19ClN2O2. The van der Waals surface area contributed by atoms with Crippen LogP contribution in [0.5, 0.6) is 0 Å². The standard InChI is InChI=1S/C13H19ClN2O2/c1-3-4-10(8-18-2)16-13(17)11-6-5-9(15)7-12(11)14/h5-7,10H,3-4,8,15H2,1-2H3,(H,16,17). The van der Waals surface area contributed by atoms with Crippen LogP contribution >= 0.6 is 11.6 Å². The summed E-state index contributed by atoms with van der Waals surface area (Å²) in [5.74, 6) is -0.199. The van der Waals surface area contributed by atoms with E-state index in [9.17, 15) is 4.79 Å². The maximum absolute atomic E-state index is 12.0. The predicted octanol–water partition coefficient (Wildman–Crippen LogP) is 2.47. The summed E-state index contributed by atoms with van der Waals surface area (Å²) in [5.41, 5.74) is 6.56. The normalized spacial score (nSPS) is 12.2. The quantitative estimate of drug-likeness (QED) is 0.781. The van der Waals surface area contributed by atoms with Crippen molar-refractivity contribution in [3.8, 4) is 0 Å². The Hall–Kier alpha value is -1.26. The van der Waals surface area contributed by atoms with Gasteiger partial charge in [0.05, 0.1) is 23.2 Å². The average molecular weight is 271 g/mol. The second-order valence-corrected chi connectivity index (χ2v) is 4.56. The Morgan fingerprint density at radius 2 is 2.28 bits per heavy atom. The van der Waals surface area contributed by atoms with Gasteiger partial charge in [-0.2, -0.15) is 0 Å². The third kappa shape index (κ3) is 4.20. The SMILES string of the molecule is CCCC(COC)NC(=O)c1ccc(N)cc1Cl. The van der Waals surface area contributed by atoms with Crippen molar-refractivity contribution in [2.45, 2.75) is 25.8 Å². The first-order valence-corrected chi connectivity index (χ1v) is 6.31. The molecule has 1 aromatic rings. The van der Waals surface area contributed by atoms with Gasteiger partial charge < -0.3 is 15.8 Å². The molecule has 0 saturated heterocycles. The van der Waals surface area contributed by atoms with E-state index >= 15 is 0 Å². The van der Waals surface area contributed by atoms with Gasteiger partial charge in [-0.1, -0.05) is 24.9 Å². The largest absolute Gasteiger partial charge is 0.399 e. The van der Waals surface area contributed by atoms with E-state index in [4.69, 9.17) is 22.1 Å². The molecule has 5 heteroatoms. The first kappa shape index (κ1) is 14.8. The van der Waals surface area contributed by atoms with E-state index in [1.807, 2.05) is 0 Å². The van der Waals surface area contributed by atoms with Crippen molar-refractivity contribution in [2.24, 2.45) is 0 Å². The molecule has 0 heterocycles. The zero-order chi connectivity index (χ0) is 13.5. The molecule has 1 unspecified atom stereocenters. The van der Waals surface area contributed by atoms with Crippen LogP contribution in [0.15, 0.2) is 18.2 Å². The number of nitrogens with one attached hydrogen (secondary N) is 1. The van der Waals surface area contributed by atoms with E-state index in [-0.39, 0.29) is 11.9 Å². The molecule has 1 rings (SSSR count). The van der Waals surface area contributed by atoms with E-state index in [0.717, 1.165) is 12.8 Å². The van der Waals surface area contributed by atoms with Crippen molar-refractivity contribution in [3.05, 3.63) is 28.8 Å². The summed E-state index contributed by atoms with van der Waals surface area (Å²) in [6.07, 6.45) is 1.84. The Labute approximate surface area is 112 Å². The van der Waals surface area contributed by atoms with Crippen LogP contribution in [0.1, 0.15) is 30.1 Å². The number of benzene rings is 1. The van der Waals surface area contributed by atoms with Gasteiger partial charge in [0.25, 0.3) is 5.91 Å². The number of carbonyl (C=O) groups is 1. The number of carbonyl (C=O) groups excluding carboxylic acids is 1. The molecule has 0 aliphatic rings. The number of nitrogens with two attached hydrogens (primary N) is 1. The minimum Gasteiger partial charge on any atom is -0.399 e. The van der Waals surface area contributed by atoms with E-state index in [1.54, 1.807) is 25.3 Å². The Morgan fingerprint density at radius 3 is 2.83 bits per heavy atom. The maximum atomic E-state index is 12.0. The maximum Gasteiger partial charge on any atom is 0.253 e. The van der Waals surface area contributed by atoms with Gasteiger partial charge in [-0.05, 0) is 24.6 Å². The van der Waals surface area contributed by atoms with Gasteiger partial charge in [-0.25, -0.2) is 0 Å². The zero-order valence-electron chi connectivity index (χ0n) is 10.7. The molecule has 0 aliphatic carbocycles. The summed E-state index contributed by atoms with van der Waals surface area (Å²) in [6.45, 7) is 2.55. The molecule has 0 aliphatic heterocycles. The minimum absolute atomic E-state index is 0.00104. The molecule has 3 N–H and O–H groups in total. The first-order chi connectivity index (χ1) is 8.58. The topological polar surface area (TPSA) is 64.3 Å². The number of anilines is 1. The third-order valence-corrected chi connectivity index (χ3v) is 2.89. The Kier molecular flexibility index (Phi) is 5.95. The molecule has 4 nitrogen and oxygen atoms in total. The van der Waals surface area contributed by atoms with Crippen LogP contribution in [-0.2, 0) is 4.74 Å². The van der Waals surface area contributed by atoms with Crippen molar-refractivity contribution in [1.29, 1.82) is 0 Å². The highest BCUT2D eigenvalue weighted by Crippen LogP contribution is 2.19. The monoisotopic (exact) mass is 270 g/mol. The smallest absolute Gasteiger partial charge is 0.253 e. The number of hydrogen-bond donors (Lipinski definition) is 2. The van der Waals surface area contributed by atoms with E-state index < -0.39 is 0 Å². The number of halogens is 1. The van der Waals surface area contributed by atoms with E-state index in [2.05, 4.69) is 12.2 Å². The molecular weight excluding hydrogens is 252 g/mol. The Bertz CT molecular complexity index is 404.